The van der Waals surface area contributed by atoms with Crippen molar-refractivity contribution in [3.8, 4) is 0 Å². The number of benzene rings is 1. The van der Waals surface area contributed by atoms with Crippen molar-refractivity contribution in [2.24, 2.45) is 0 Å². The van der Waals surface area contributed by atoms with E-state index >= 15 is 0 Å². The predicted octanol–water partition coefficient (Wildman–Crippen LogP) is 2.78. The quantitative estimate of drug-likeness (QED) is 0.450. The molecular formula is C14H19NO4. The molecule has 1 unspecified atom stereocenters. The van der Waals surface area contributed by atoms with E-state index in [0.29, 0.717) is 0 Å². The van der Waals surface area contributed by atoms with E-state index in [1.54, 1.807) is 19.1 Å². The molecule has 0 aliphatic carbocycles. The van der Waals surface area contributed by atoms with E-state index in [9.17, 15) is 14.9 Å². The molecule has 0 heterocycles. The minimum atomic E-state index is -1.23. The Labute approximate surface area is 112 Å². The minimum Gasteiger partial charge on any atom is -0.466 e. The zero-order valence-electron chi connectivity index (χ0n) is 11.5. The standard InChI is InChI=1S/C14H19NO4/c1-4-19-13(16)10-12(14(2,3)15(17)18)11-8-6-5-7-9-11/h5-9,12H,4,10H2,1-3H3. The summed E-state index contributed by atoms with van der Waals surface area (Å²) in [7, 11) is 0. The molecule has 5 nitrogen and oxygen atoms in total. The van der Waals surface area contributed by atoms with Crippen molar-refractivity contribution in [2.45, 2.75) is 38.6 Å². The molecule has 1 aromatic carbocycles. The van der Waals surface area contributed by atoms with E-state index in [1.165, 1.54) is 13.8 Å². The van der Waals surface area contributed by atoms with Crippen LogP contribution in [0.25, 0.3) is 0 Å². The van der Waals surface area contributed by atoms with Crippen LogP contribution in [0.3, 0.4) is 0 Å². The maximum Gasteiger partial charge on any atom is 0.306 e. The van der Waals surface area contributed by atoms with Gasteiger partial charge in [0, 0.05) is 18.8 Å². The molecule has 0 spiro atoms. The monoisotopic (exact) mass is 265 g/mol. The normalized spacial score (nSPS) is 12.8. The Balaban J connectivity index is 3.05. The molecule has 0 aromatic heterocycles. The molecule has 1 atom stereocenters. The first-order valence-corrected chi connectivity index (χ1v) is 6.24. The Bertz CT molecular complexity index is 442. The van der Waals surface area contributed by atoms with E-state index in [-0.39, 0.29) is 18.0 Å². The Morgan fingerprint density at radius 1 is 1.37 bits per heavy atom. The van der Waals surface area contributed by atoms with Crippen LogP contribution in [0.4, 0.5) is 0 Å². The first-order valence-electron chi connectivity index (χ1n) is 6.24. The van der Waals surface area contributed by atoms with Crippen molar-refractivity contribution in [1.29, 1.82) is 0 Å². The molecule has 0 aliphatic rings. The van der Waals surface area contributed by atoms with Gasteiger partial charge in [0.15, 0.2) is 0 Å². The average molecular weight is 265 g/mol. The smallest absolute Gasteiger partial charge is 0.306 e. The van der Waals surface area contributed by atoms with Crippen LogP contribution in [-0.4, -0.2) is 23.0 Å². The van der Waals surface area contributed by atoms with E-state index < -0.39 is 17.4 Å². The predicted molar refractivity (Wildman–Crippen MR) is 71.5 cm³/mol. The first kappa shape index (κ1) is 15.1. The van der Waals surface area contributed by atoms with Gasteiger partial charge in [0.05, 0.1) is 18.9 Å². The molecule has 1 rings (SSSR count). The van der Waals surface area contributed by atoms with Crippen molar-refractivity contribution in [2.75, 3.05) is 6.61 Å². The summed E-state index contributed by atoms with van der Waals surface area (Å²) >= 11 is 0. The third-order valence-electron chi connectivity index (χ3n) is 3.20. The maximum absolute atomic E-state index is 11.7. The molecule has 0 saturated heterocycles. The SMILES string of the molecule is CCOC(=O)CC(c1ccccc1)C(C)(C)[N+](=O)[O-]. The lowest BCUT2D eigenvalue weighted by atomic mass is 9.80. The topological polar surface area (TPSA) is 69.4 Å². The molecule has 0 amide bonds. The van der Waals surface area contributed by atoms with Gasteiger partial charge in [-0.05, 0) is 12.5 Å². The van der Waals surface area contributed by atoms with Gasteiger partial charge in [0.25, 0.3) is 0 Å². The summed E-state index contributed by atoms with van der Waals surface area (Å²) < 4.78 is 4.91. The van der Waals surface area contributed by atoms with Crippen molar-refractivity contribution >= 4 is 5.97 Å². The lowest BCUT2D eigenvalue weighted by molar-refractivity contribution is -0.565. The highest BCUT2D eigenvalue weighted by Gasteiger charge is 2.43. The molecule has 5 heteroatoms. The highest BCUT2D eigenvalue weighted by molar-refractivity contribution is 5.70. The van der Waals surface area contributed by atoms with Gasteiger partial charge in [-0.2, -0.15) is 0 Å². The second kappa shape index (κ2) is 6.31. The van der Waals surface area contributed by atoms with Gasteiger partial charge in [-0.3, -0.25) is 14.9 Å². The fraction of sp³-hybridized carbons (Fsp3) is 0.500. The highest BCUT2D eigenvalue weighted by Crippen LogP contribution is 2.33. The number of carbonyl (C=O) groups is 1. The van der Waals surface area contributed by atoms with E-state index in [1.807, 2.05) is 18.2 Å². The summed E-state index contributed by atoms with van der Waals surface area (Å²) in [5.74, 6) is -0.922. The van der Waals surface area contributed by atoms with Crippen LogP contribution >= 0.6 is 0 Å². The fourth-order valence-corrected chi connectivity index (χ4v) is 1.97. The van der Waals surface area contributed by atoms with Crippen molar-refractivity contribution in [1.82, 2.24) is 0 Å². The zero-order valence-corrected chi connectivity index (χ0v) is 11.5. The van der Waals surface area contributed by atoms with Crippen LogP contribution in [0, 0.1) is 10.1 Å². The second-order valence-electron chi connectivity index (χ2n) is 4.88. The number of nitro groups is 1. The Hall–Kier alpha value is -1.91. The van der Waals surface area contributed by atoms with Gasteiger partial charge in [0.1, 0.15) is 0 Å². The zero-order chi connectivity index (χ0) is 14.5. The van der Waals surface area contributed by atoms with Gasteiger partial charge in [-0.25, -0.2) is 0 Å². The third kappa shape index (κ3) is 3.77. The van der Waals surface area contributed by atoms with Gasteiger partial charge < -0.3 is 4.74 Å². The van der Waals surface area contributed by atoms with Crippen molar-refractivity contribution < 1.29 is 14.5 Å². The van der Waals surface area contributed by atoms with Crippen LogP contribution < -0.4 is 0 Å². The molecule has 0 fully saturated rings. The average Bonchev–Trinajstić information content (AvgIpc) is 2.37. The summed E-state index contributed by atoms with van der Waals surface area (Å²) in [6, 6.07) is 9.06. The highest BCUT2D eigenvalue weighted by atomic mass is 16.6. The Morgan fingerprint density at radius 3 is 2.42 bits per heavy atom. The number of hydrogen-bond acceptors (Lipinski definition) is 4. The third-order valence-corrected chi connectivity index (χ3v) is 3.20. The molecule has 0 radical (unpaired) electrons. The summed E-state index contributed by atoms with van der Waals surface area (Å²) in [5.41, 5.74) is -0.453. The summed E-state index contributed by atoms with van der Waals surface area (Å²) in [5, 5.41) is 11.2. The van der Waals surface area contributed by atoms with E-state index in [4.69, 9.17) is 4.74 Å². The lowest BCUT2D eigenvalue weighted by Gasteiger charge is -2.26. The van der Waals surface area contributed by atoms with E-state index in [0.717, 1.165) is 5.56 Å². The van der Waals surface area contributed by atoms with Gasteiger partial charge in [-0.15, -0.1) is 0 Å². The summed E-state index contributed by atoms with van der Waals surface area (Å²) in [4.78, 5) is 22.5. The molecule has 1 aromatic rings. The molecule has 0 aliphatic heterocycles. The lowest BCUT2D eigenvalue weighted by Crippen LogP contribution is -2.39. The molecule has 19 heavy (non-hydrogen) atoms. The van der Waals surface area contributed by atoms with Gasteiger partial charge in [0.2, 0.25) is 5.54 Å². The molecular weight excluding hydrogens is 246 g/mol. The van der Waals surface area contributed by atoms with Crippen LogP contribution in [0.5, 0.6) is 0 Å². The van der Waals surface area contributed by atoms with Crippen LogP contribution in [-0.2, 0) is 9.53 Å². The molecule has 104 valence electrons. The van der Waals surface area contributed by atoms with Crippen molar-refractivity contribution in [3.05, 3.63) is 46.0 Å². The molecule has 0 bridgehead atoms. The number of nitrogens with zero attached hydrogens (tertiary/aromatic N) is 1. The summed E-state index contributed by atoms with van der Waals surface area (Å²) in [6.45, 7) is 5.06. The minimum absolute atomic E-state index is 0.00579. The number of carbonyl (C=O) groups excluding carboxylic acids is 1. The first-order chi connectivity index (χ1) is 8.89. The summed E-state index contributed by atoms with van der Waals surface area (Å²) in [6.07, 6.45) is 0.00579. The van der Waals surface area contributed by atoms with Crippen molar-refractivity contribution in [3.63, 3.8) is 0 Å². The number of hydrogen-bond donors (Lipinski definition) is 0. The Kier molecular flexibility index (Phi) is 5.03. The number of esters is 1. The van der Waals surface area contributed by atoms with Gasteiger partial charge in [-0.1, -0.05) is 30.3 Å². The largest absolute Gasteiger partial charge is 0.466 e. The second-order valence-corrected chi connectivity index (χ2v) is 4.88. The van der Waals surface area contributed by atoms with Crippen LogP contribution in [0.15, 0.2) is 30.3 Å². The molecule has 0 saturated carbocycles. The van der Waals surface area contributed by atoms with E-state index in [2.05, 4.69) is 0 Å². The number of rotatable bonds is 6. The van der Waals surface area contributed by atoms with Gasteiger partial charge >= 0.3 is 5.97 Å². The van der Waals surface area contributed by atoms with Crippen LogP contribution in [0.1, 0.15) is 38.7 Å². The Morgan fingerprint density at radius 2 is 1.95 bits per heavy atom. The number of ether oxygens (including phenoxy) is 1. The fourth-order valence-electron chi connectivity index (χ4n) is 1.97. The maximum atomic E-state index is 11.7. The van der Waals surface area contributed by atoms with Crippen LogP contribution in [0.2, 0.25) is 0 Å². The molecule has 0 N–H and O–H groups in total.